The average Bonchev–Trinajstić information content (AvgIpc) is 3.41. The summed E-state index contributed by atoms with van der Waals surface area (Å²) in [4.78, 5) is 2.61. The van der Waals surface area contributed by atoms with Crippen LogP contribution >= 0.6 is 0 Å². The molecule has 0 bridgehead atoms. The number of aryl methyl sites for hydroxylation is 2. The number of hydrogen-bond acceptors (Lipinski definition) is 3. The lowest BCUT2D eigenvalue weighted by atomic mass is 9.86. The fraction of sp³-hybridized carbons (Fsp3) is 0.333. The van der Waals surface area contributed by atoms with Crippen LogP contribution in [-0.4, -0.2) is 18.4 Å². The third-order valence-corrected chi connectivity index (χ3v) is 6.98. The van der Waals surface area contributed by atoms with Gasteiger partial charge in [0.25, 0.3) is 0 Å². The molecule has 0 aromatic heterocycles. The standard InChI is InChI=1S/C27H27NO2/c1-15-11-20-21(12-16(15)2)26-22(14-25-29-17(3)13-18(4)30-25)27(26)28-23-8-6-5-7-19(23)9-10-24(20)28/h5-14,17,24-27H,1-4H3/b22-14-. The topological polar surface area (TPSA) is 21.7 Å². The Labute approximate surface area is 178 Å². The van der Waals surface area contributed by atoms with Gasteiger partial charge < -0.3 is 14.4 Å². The molecule has 5 atom stereocenters. The van der Waals surface area contributed by atoms with Crippen molar-refractivity contribution in [2.75, 3.05) is 4.90 Å². The highest BCUT2D eigenvalue weighted by molar-refractivity contribution is 5.79. The highest BCUT2D eigenvalue weighted by Crippen LogP contribution is 2.61. The molecule has 0 saturated heterocycles. The van der Waals surface area contributed by atoms with E-state index in [2.05, 4.69) is 80.3 Å². The number of nitrogens with zero attached hydrogens (tertiary/aromatic N) is 1. The molecule has 3 heterocycles. The summed E-state index contributed by atoms with van der Waals surface area (Å²) in [5, 5.41) is 0. The molecule has 0 spiro atoms. The van der Waals surface area contributed by atoms with Gasteiger partial charge >= 0.3 is 0 Å². The normalized spacial score (nSPS) is 31.9. The molecule has 1 fully saturated rings. The molecule has 152 valence electrons. The van der Waals surface area contributed by atoms with Gasteiger partial charge in [0, 0.05) is 11.6 Å². The molecule has 3 aliphatic heterocycles. The smallest absolute Gasteiger partial charge is 0.220 e. The molecule has 0 radical (unpaired) electrons. The molecule has 1 aliphatic carbocycles. The van der Waals surface area contributed by atoms with Gasteiger partial charge in [0.05, 0.1) is 23.9 Å². The predicted molar refractivity (Wildman–Crippen MR) is 120 cm³/mol. The van der Waals surface area contributed by atoms with Gasteiger partial charge in [-0.25, -0.2) is 0 Å². The van der Waals surface area contributed by atoms with Gasteiger partial charge in [0.1, 0.15) is 0 Å². The highest BCUT2D eigenvalue weighted by atomic mass is 16.7. The molecule has 2 aromatic carbocycles. The number of anilines is 1. The Hall–Kier alpha value is -2.78. The van der Waals surface area contributed by atoms with Gasteiger partial charge in [-0.15, -0.1) is 0 Å². The summed E-state index contributed by atoms with van der Waals surface area (Å²) >= 11 is 0. The van der Waals surface area contributed by atoms with Crippen LogP contribution < -0.4 is 4.90 Å². The van der Waals surface area contributed by atoms with E-state index in [1.54, 1.807) is 0 Å². The maximum Gasteiger partial charge on any atom is 0.220 e. The zero-order valence-corrected chi connectivity index (χ0v) is 17.9. The third kappa shape index (κ3) is 2.61. The van der Waals surface area contributed by atoms with Crippen molar-refractivity contribution in [3.05, 3.63) is 93.8 Å². The van der Waals surface area contributed by atoms with Crippen molar-refractivity contribution in [1.29, 1.82) is 0 Å². The first kappa shape index (κ1) is 18.0. The van der Waals surface area contributed by atoms with Gasteiger partial charge in [-0.2, -0.15) is 0 Å². The molecule has 0 amide bonds. The number of allylic oxidation sites excluding steroid dienone is 1. The molecule has 5 unspecified atom stereocenters. The van der Waals surface area contributed by atoms with Crippen LogP contribution in [0.25, 0.3) is 6.08 Å². The fourth-order valence-corrected chi connectivity index (χ4v) is 5.47. The Morgan fingerprint density at radius 2 is 1.77 bits per heavy atom. The fourth-order valence-electron chi connectivity index (χ4n) is 5.47. The van der Waals surface area contributed by atoms with Crippen molar-refractivity contribution in [2.24, 2.45) is 0 Å². The van der Waals surface area contributed by atoms with Crippen LogP contribution in [0.1, 0.15) is 53.6 Å². The van der Waals surface area contributed by atoms with Crippen LogP contribution in [0, 0.1) is 13.8 Å². The molecule has 1 saturated carbocycles. The minimum absolute atomic E-state index is 0.0740. The summed E-state index contributed by atoms with van der Waals surface area (Å²) in [7, 11) is 0. The molecule has 3 heteroatoms. The minimum atomic E-state index is -0.311. The number of para-hydroxylation sites is 1. The van der Waals surface area contributed by atoms with Gasteiger partial charge in [-0.3, -0.25) is 0 Å². The summed E-state index contributed by atoms with van der Waals surface area (Å²) in [5.74, 6) is 1.35. The first-order valence-electron chi connectivity index (χ1n) is 10.9. The summed E-state index contributed by atoms with van der Waals surface area (Å²) in [5.41, 5.74) is 9.66. The summed E-state index contributed by atoms with van der Waals surface area (Å²) in [6, 6.07) is 14.2. The van der Waals surface area contributed by atoms with E-state index in [1.165, 1.54) is 39.1 Å². The average molecular weight is 398 g/mol. The van der Waals surface area contributed by atoms with Crippen LogP contribution in [0.2, 0.25) is 0 Å². The van der Waals surface area contributed by atoms with E-state index in [1.807, 2.05) is 13.0 Å². The van der Waals surface area contributed by atoms with Crippen molar-refractivity contribution in [1.82, 2.24) is 0 Å². The minimum Gasteiger partial charge on any atom is -0.466 e. The lowest BCUT2D eigenvalue weighted by Crippen LogP contribution is -2.36. The van der Waals surface area contributed by atoms with E-state index in [-0.39, 0.29) is 18.4 Å². The number of ether oxygens (including phenoxy) is 2. The molecule has 4 aliphatic rings. The van der Waals surface area contributed by atoms with Crippen LogP contribution in [0.5, 0.6) is 0 Å². The van der Waals surface area contributed by atoms with E-state index in [9.17, 15) is 0 Å². The second-order valence-electron chi connectivity index (χ2n) is 9.03. The summed E-state index contributed by atoms with van der Waals surface area (Å²) in [6.07, 6.45) is 8.66. The summed E-state index contributed by atoms with van der Waals surface area (Å²) in [6.45, 7) is 8.52. The highest BCUT2D eigenvalue weighted by Gasteiger charge is 2.56. The van der Waals surface area contributed by atoms with Gasteiger partial charge in [0.2, 0.25) is 6.29 Å². The van der Waals surface area contributed by atoms with Crippen LogP contribution in [0.15, 0.2) is 66.0 Å². The lowest BCUT2D eigenvalue weighted by Gasteiger charge is -2.40. The number of hydrogen-bond donors (Lipinski definition) is 0. The van der Waals surface area contributed by atoms with Gasteiger partial charge in [-0.1, -0.05) is 42.5 Å². The van der Waals surface area contributed by atoms with Crippen LogP contribution in [-0.2, 0) is 9.47 Å². The molecule has 0 N–H and O–H groups in total. The Kier molecular flexibility index (Phi) is 3.82. The van der Waals surface area contributed by atoms with E-state index >= 15 is 0 Å². The maximum absolute atomic E-state index is 6.04. The van der Waals surface area contributed by atoms with E-state index in [4.69, 9.17) is 9.47 Å². The van der Waals surface area contributed by atoms with E-state index < -0.39 is 0 Å². The SMILES string of the molecule is CC1=CC(C)OC(/C=C2/C3c4cc(C)c(C)cc4C4C=Cc5ccccc5N4C23)O1. The van der Waals surface area contributed by atoms with Gasteiger partial charge in [0.15, 0.2) is 0 Å². The first-order valence-corrected chi connectivity index (χ1v) is 10.9. The number of rotatable bonds is 1. The van der Waals surface area contributed by atoms with Crippen molar-refractivity contribution in [3.63, 3.8) is 0 Å². The summed E-state index contributed by atoms with van der Waals surface area (Å²) < 4.78 is 12.0. The second-order valence-corrected chi connectivity index (χ2v) is 9.03. The quantitative estimate of drug-likeness (QED) is 0.555. The Balaban J connectivity index is 1.48. The Morgan fingerprint density at radius 1 is 1.00 bits per heavy atom. The third-order valence-electron chi connectivity index (χ3n) is 6.98. The molecule has 2 aromatic rings. The van der Waals surface area contributed by atoms with Crippen molar-refractivity contribution < 1.29 is 9.47 Å². The monoisotopic (exact) mass is 397 g/mol. The zero-order chi connectivity index (χ0) is 20.6. The van der Waals surface area contributed by atoms with Crippen LogP contribution in [0.4, 0.5) is 5.69 Å². The molecule has 30 heavy (non-hydrogen) atoms. The second kappa shape index (κ2) is 6.36. The van der Waals surface area contributed by atoms with Crippen molar-refractivity contribution >= 4 is 11.8 Å². The lowest BCUT2D eigenvalue weighted by molar-refractivity contribution is -0.119. The molecule has 3 nitrogen and oxygen atoms in total. The Bertz CT molecular complexity index is 1140. The molecular formula is C27H27NO2. The first-order chi connectivity index (χ1) is 14.5. The number of benzene rings is 2. The predicted octanol–water partition coefficient (Wildman–Crippen LogP) is 5.95. The number of fused-ring (bicyclic) bond motifs is 8. The van der Waals surface area contributed by atoms with Crippen molar-refractivity contribution in [2.45, 2.75) is 58.1 Å². The van der Waals surface area contributed by atoms with Crippen molar-refractivity contribution in [3.8, 4) is 0 Å². The zero-order valence-electron chi connectivity index (χ0n) is 17.9. The van der Waals surface area contributed by atoms with E-state index in [0.29, 0.717) is 12.0 Å². The van der Waals surface area contributed by atoms with Gasteiger partial charge in [-0.05, 0) is 79.3 Å². The molecular weight excluding hydrogens is 370 g/mol. The molecule has 6 rings (SSSR count). The van der Waals surface area contributed by atoms with E-state index in [0.717, 1.165) is 5.76 Å². The van der Waals surface area contributed by atoms with Crippen LogP contribution in [0.3, 0.4) is 0 Å². The largest absolute Gasteiger partial charge is 0.466 e. The Morgan fingerprint density at radius 3 is 2.57 bits per heavy atom. The maximum atomic E-state index is 6.04.